The summed E-state index contributed by atoms with van der Waals surface area (Å²) in [4.78, 5) is 28.0. The van der Waals surface area contributed by atoms with Crippen molar-refractivity contribution < 1.29 is 29.3 Å². The van der Waals surface area contributed by atoms with Crippen LogP contribution in [0.25, 0.3) is 0 Å². The van der Waals surface area contributed by atoms with Crippen LogP contribution in [0.3, 0.4) is 0 Å². The van der Waals surface area contributed by atoms with Gasteiger partial charge in [-0.2, -0.15) is 0 Å². The first kappa shape index (κ1) is 31.3. The fourth-order valence-corrected chi connectivity index (χ4v) is 4.72. The van der Waals surface area contributed by atoms with E-state index in [1.807, 2.05) is 44.2 Å². The summed E-state index contributed by atoms with van der Waals surface area (Å²) in [5, 5.41) is 23.3. The van der Waals surface area contributed by atoms with Crippen LogP contribution in [0.15, 0.2) is 48.6 Å². The first-order chi connectivity index (χ1) is 17.8. The monoisotopic (exact) mass is 628 g/mol. The minimum atomic E-state index is -1.03. The number of carbonyl (C=O) groups excluding carboxylic acids is 2. The van der Waals surface area contributed by atoms with Gasteiger partial charge >= 0.3 is 0 Å². The molecule has 8 nitrogen and oxygen atoms in total. The van der Waals surface area contributed by atoms with Crippen molar-refractivity contribution in [3.8, 4) is 5.75 Å². The normalized spacial score (nSPS) is 19.3. The molecule has 1 aromatic rings. The first-order valence-corrected chi connectivity index (χ1v) is 14.1. The van der Waals surface area contributed by atoms with Crippen LogP contribution >= 0.6 is 22.6 Å². The summed E-state index contributed by atoms with van der Waals surface area (Å²) in [6.07, 6.45) is 5.25. The summed E-state index contributed by atoms with van der Waals surface area (Å²) >= 11 is 2.16. The second-order valence-corrected chi connectivity index (χ2v) is 10.5. The van der Waals surface area contributed by atoms with Crippen LogP contribution in [0, 0.1) is 3.57 Å². The number of nitrogens with one attached hydrogen (secondary N) is 1. The molecule has 0 radical (unpaired) electrons. The molecule has 0 saturated carbocycles. The van der Waals surface area contributed by atoms with Gasteiger partial charge in [-0.3, -0.25) is 9.59 Å². The van der Waals surface area contributed by atoms with Gasteiger partial charge in [-0.15, -0.1) is 6.58 Å². The predicted molar refractivity (Wildman–Crippen MR) is 152 cm³/mol. The van der Waals surface area contributed by atoms with Gasteiger partial charge in [0.1, 0.15) is 18.0 Å². The molecule has 3 N–H and O–H groups in total. The van der Waals surface area contributed by atoms with E-state index in [1.165, 1.54) is 0 Å². The highest BCUT2D eigenvalue weighted by molar-refractivity contribution is 14.1. The van der Waals surface area contributed by atoms with E-state index in [2.05, 4.69) is 34.5 Å². The van der Waals surface area contributed by atoms with Gasteiger partial charge in [0.15, 0.2) is 0 Å². The maximum Gasteiger partial charge on any atom is 0.247 e. The maximum absolute atomic E-state index is 13.4. The molecule has 2 rings (SSSR count). The molecule has 3 atom stereocenters. The molecular formula is C28H41IN2O6. The minimum Gasteiger partial charge on any atom is -0.482 e. The average Bonchev–Trinajstić information content (AvgIpc) is 2.87. The lowest BCUT2D eigenvalue weighted by Gasteiger charge is -2.40. The van der Waals surface area contributed by atoms with Gasteiger partial charge in [-0.1, -0.05) is 18.2 Å². The third-order valence-corrected chi connectivity index (χ3v) is 6.97. The lowest BCUT2D eigenvalue weighted by molar-refractivity contribution is -0.139. The van der Waals surface area contributed by atoms with E-state index in [0.717, 1.165) is 16.4 Å². The van der Waals surface area contributed by atoms with Crippen molar-refractivity contribution >= 4 is 34.4 Å². The Hall–Kier alpha value is -1.95. The first-order valence-electron chi connectivity index (χ1n) is 13.0. The Kier molecular flexibility index (Phi) is 14.2. The number of nitrogens with zero attached hydrogens (tertiary/aromatic N) is 1. The van der Waals surface area contributed by atoms with E-state index >= 15 is 0 Å². The number of ether oxygens (including phenoxy) is 2. The van der Waals surface area contributed by atoms with Gasteiger partial charge < -0.3 is 29.9 Å². The Labute approximate surface area is 234 Å². The number of amides is 2. The number of hydrogen-bond donors (Lipinski definition) is 3. The van der Waals surface area contributed by atoms with Crippen molar-refractivity contribution in [1.82, 2.24) is 10.2 Å². The lowest BCUT2D eigenvalue weighted by Crippen LogP contribution is -2.55. The van der Waals surface area contributed by atoms with Crippen molar-refractivity contribution in [2.45, 2.75) is 76.7 Å². The summed E-state index contributed by atoms with van der Waals surface area (Å²) in [5.74, 6) is 0.179. The van der Waals surface area contributed by atoms with Gasteiger partial charge in [0.25, 0.3) is 0 Å². The standard InChI is InChI=1S/C28H41IN2O6/c1-4-5-6-7-13-26(33)31(15-10-17-36-20(2)3)23-18-21(28(35)30-14-16-32)19-25(27(23)34)37-24-12-9-8-11-22(24)29/h4,8-9,11-12,19-20,23,25,27,32,34H,1,5-7,10,13-18H2,2-3H3,(H,30,35). The molecule has 0 saturated heterocycles. The average molecular weight is 629 g/mol. The molecule has 1 aliphatic rings. The lowest BCUT2D eigenvalue weighted by atomic mass is 9.87. The van der Waals surface area contributed by atoms with E-state index in [1.54, 1.807) is 11.0 Å². The van der Waals surface area contributed by atoms with Crippen LogP contribution < -0.4 is 10.1 Å². The van der Waals surface area contributed by atoms with Crippen molar-refractivity contribution in [2.24, 2.45) is 0 Å². The second kappa shape index (κ2) is 16.8. The molecule has 9 heteroatoms. The summed E-state index contributed by atoms with van der Waals surface area (Å²) in [7, 11) is 0. The van der Waals surface area contributed by atoms with E-state index < -0.39 is 18.2 Å². The third kappa shape index (κ3) is 10.4. The van der Waals surface area contributed by atoms with Crippen molar-refractivity contribution in [2.75, 3.05) is 26.3 Å². The van der Waals surface area contributed by atoms with Crippen LogP contribution in [0.1, 0.15) is 52.4 Å². The van der Waals surface area contributed by atoms with Gasteiger partial charge in [-0.25, -0.2) is 0 Å². The van der Waals surface area contributed by atoms with Crippen LogP contribution in [0.4, 0.5) is 0 Å². The highest BCUT2D eigenvalue weighted by Crippen LogP contribution is 2.30. The Morgan fingerprint density at radius 1 is 1.27 bits per heavy atom. The molecule has 1 aromatic carbocycles. The fraction of sp³-hybridized carbons (Fsp3) is 0.571. The molecule has 0 aromatic heterocycles. The zero-order chi connectivity index (χ0) is 27.2. The predicted octanol–water partition coefficient (Wildman–Crippen LogP) is 3.60. The topological polar surface area (TPSA) is 108 Å². The molecule has 0 heterocycles. The van der Waals surface area contributed by atoms with E-state index in [4.69, 9.17) is 14.6 Å². The zero-order valence-corrected chi connectivity index (χ0v) is 24.1. The summed E-state index contributed by atoms with van der Waals surface area (Å²) in [6, 6.07) is 6.80. The number of allylic oxidation sites excluding steroid dienone is 1. The number of rotatable bonds is 16. The Balaban J connectivity index is 2.31. The molecule has 37 heavy (non-hydrogen) atoms. The van der Waals surface area contributed by atoms with Gasteiger partial charge in [-0.05, 0) is 80.3 Å². The zero-order valence-electron chi connectivity index (χ0n) is 21.9. The van der Waals surface area contributed by atoms with Gasteiger partial charge in [0.05, 0.1) is 22.3 Å². The fourth-order valence-electron chi connectivity index (χ4n) is 4.20. The third-order valence-electron chi connectivity index (χ3n) is 6.08. The van der Waals surface area contributed by atoms with E-state index in [9.17, 15) is 14.7 Å². The van der Waals surface area contributed by atoms with E-state index in [0.29, 0.717) is 43.7 Å². The molecule has 206 valence electrons. The highest BCUT2D eigenvalue weighted by Gasteiger charge is 2.40. The molecule has 0 fully saturated rings. The van der Waals surface area contributed by atoms with Crippen LogP contribution in [0.2, 0.25) is 0 Å². The highest BCUT2D eigenvalue weighted by atomic mass is 127. The summed E-state index contributed by atoms with van der Waals surface area (Å²) < 4.78 is 12.7. The summed E-state index contributed by atoms with van der Waals surface area (Å²) in [5.41, 5.74) is 0.419. The van der Waals surface area contributed by atoms with E-state index in [-0.39, 0.29) is 37.5 Å². The maximum atomic E-state index is 13.4. The number of hydrogen-bond acceptors (Lipinski definition) is 6. The number of carbonyl (C=O) groups is 2. The number of aliphatic hydroxyl groups excluding tert-OH is 2. The summed E-state index contributed by atoms with van der Waals surface area (Å²) in [6.45, 7) is 8.48. The van der Waals surface area contributed by atoms with Crippen LogP contribution in [-0.4, -0.2) is 77.6 Å². The Bertz CT molecular complexity index is 906. The van der Waals surface area contributed by atoms with Crippen molar-refractivity contribution in [1.29, 1.82) is 0 Å². The Morgan fingerprint density at radius 3 is 2.70 bits per heavy atom. The van der Waals surface area contributed by atoms with Gasteiger partial charge in [0.2, 0.25) is 11.8 Å². The molecule has 3 unspecified atom stereocenters. The molecule has 0 bridgehead atoms. The molecular weight excluding hydrogens is 587 g/mol. The second-order valence-electron chi connectivity index (χ2n) is 9.34. The largest absolute Gasteiger partial charge is 0.482 e. The minimum absolute atomic E-state index is 0.0669. The SMILES string of the molecule is C=CCCCCC(=O)N(CCCOC(C)C)C1CC(C(=O)NCCO)=CC(Oc2ccccc2I)C1O. The molecule has 0 aliphatic heterocycles. The quantitative estimate of drug-likeness (QED) is 0.147. The smallest absolute Gasteiger partial charge is 0.247 e. The molecule has 2 amide bonds. The van der Waals surface area contributed by atoms with Crippen molar-refractivity contribution in [3.05, 3.63) is 52.1 Å². The van der Waals surface area contributed by atoms with Crippen molar-refractivity contribution in [3.63, 3.8) is 0 Å². The number of para-hydroxylation sites is 1. The molecule has 0 spiro atoms. The number of unbranched alkanes of at least 4 members (excludes halogenated alkanes) is 2. The number of benzene rings is 1. The van der Waals surface area contributed by atoms with Crippen LogP contribution in [-0.2, 0) is 14.3 Å². The van der Waals surface area contributed by atoms with Crippen LogP contribution in [0.5, 0.6) is 5.75 Å². The van der Waals surface area contributed by atoms with Gasteiger partial charge in [0, 0.05) is 38.1 Å². The Morgan fingerprint density at radius 2 is 2.03 bits per heavy atom. The molecule has 1 aliphatic carbocycles. The number of halogens is 1. The number of aliphatic hydroxyl groups is 2.